The Hall–Kier alpha value is -1.73. The maximum atomic E-state index is 5.15. The van der Waals surface area contributed by atoms with Crippen LogP contribution in [0, 0.1) is 0 Å². The number of anilines is 1. The van der Waals surface area contributed by atoms with Crippen molar-refractivity contribution in [2.24, 2.45) is 0 Å². The van der Waals surface area contributed by atoms with Crippen molar-refractivity contribution in [3.8, 4) is 5.88 Å². The van der Waals surface area contributed by atoms with Gasteiger partial charge in [0.2, 0.25) is 5.88 Å². The molecule has 0 saturated carbocycles. The Bertz CT molecular complexity index is 675. The third-order valence-corrected chi connectivity index (χ3v) is 5.93. The van der Waals surface area contributed by atoms with E-state index in [1.807, 2.05) is 17.4 Å². The summed E-state index contributed by atoms with van der Waals surface area (Å²) < 4.78 is 5.15. The molecule has 2 aromatic rings. The Morgan fingerprint density at radius 2 is 2.17 bits per heavy atom. The molecular formula is C17H23N5OS. The number of rotatable bonds is 5. The van der Waals surface area contributed by atoms with Crippen molar-refractivity contribution in [2.45, 2.75) is 44.7 Å². The second kappa shape index (κ2) is 7.03. The average molecular weight is 345 g/mol. The zero-order valence-electron chi connectivity index (χ0n) is 14.0. The highest BCUT2D eigenvalue weighted by Gasteiger charge is 2.22. The van der Waals surface area contributed by atoms with Crippen molar-refractivity contribution in [1.82, 2.24) is 19.9 Å². The number of methoxy groups -OCH3 is 1. The van der Waals surface area contributed by atoms with Gasteiger partial charge < -0.3 is 10.1 Å². The first kappa shape index (κ1) is 15.8. The van der Waals surface area contributed by atoms with E-state index >= 15 is 0 Å². The van der Waals surface area contributed by atoms with Crippen LogP contribution in [0.2, 0.25) is 0 Å². The van der Waals surface area contributed by atoms with Gasteiger partial charge in [0, 0.05) is 30.1 Å². The minimum atomic E-state index is 0.460. The van der Waals surface area contributed by atoms with Gasteiger partial charge in [-0.05, 0) is 32.1 Å². The molecule has 1 aliphatic heterocycles. The number of hydrogen-bond donors (Lipinski definition) is 1. The minimum Gasteiger partial charge on any atom is -0.481 e. The van der Waals surface area contributed by atoms with E-state index in [-0.39, 0.29) is 0 Å². The van der Waals surface area contributed by atoms with E-state index in [1.165, 1.54) is 41.2 Å². The Balaban J connectivity index is 1.28. The van der Waals surface area contributed by atoms with E-state index in [1.54, 1.807) is 7.11 Å². The molecule has 1 saturated heterocycles. The van der Waals surface area contributed by atoms with Gasteiger partial charge in [-0.15, -0.1) is 11.3 Å². The highest BCUT2D eigenvalue weighted by molar-refractivity contribution is 7.11. The van der Waals surface area contributed by atoms with E-state index in [0.29, 0.717) is 11.9 Å². The van der Waals surface area contributed by atoms with Gasteiger partial charge in [0.05, 0.1) is 19.3 Å². The van der Waals surface area contributed by atoms with Gasteiger partial charge in [0.1, 0.15) is 17.2 Å². The van der Waals surface area contributed by atoms with E-state index in [2.05, 4.69) is 20.2 Å². The lowest BCUT2D eigenvalue weighted by Crippen LogP contribution is -2.38. The second-order valence-electron chi connectivity index (χ2n) is 6.47. The number of piperidine rings is 1. The first-order valence-electron chi connectivity index (χ1n) is 8.62. The Morgan fingerprint density at radius 1 is 1.29 bits per heavy atom. The predicted molar refractivity (Wildman–Crippen MR) is 94.6 cm³/mol. The van der Waals surface area contributed by atoms with Crippen LogP contribution in [-0.2, 0) is 19.4 Å². The predicted octanol–water partition coefficient (Wildman–Crippen LogP) is 2.51. The summed E-state index contributed by atoms with van der Waals surface area (Å²) in [6.45, 7) is 3.21. The topological polar surface area (TPSA) is 63.2 Å². The fourth-order valence-electron chi connectivity index (χ4n) is 3.48. The van der Waals surface area contributed by atoms with Gasteiger partial charge >= 0.3 is 0 Å². The van der Waals surface area contributed by atoms with Crippen LogP contribution in [0.3, 0.4) is 0 Å². The number of ether oxygens (including phenoxy) is 1. The normalized spacial score (nSPS) is 18.5. The quantitative estimate of drug-likeness (QED) is 0.898. The summed E-state index contributed by atoms with van der Waals surface area (Å²) in [5.41, 5.74) is 1.37. The summed E-state index contributed by atoms with van der Waals surface area (Å²) in [6, 6.07) is 2.31. The van der Waals surface area contributed by atoms with Crippen LogP contribution < -0.4 is 10.1 Å². The zero-order chi connectivity index (χ0) is 16.4. The van der Waals surface area contributed by atoms with Crippen molar-refractivity contribution in [2.75, 3.05) is 25.5 Å². The molecule has 1 fully saturated rings. The molecule has 0 bridgehead atoms. The summed E-state index contributed by atoms with van der Waals surface area (Å²) in [5, 5.41) is 4.80. The van der Waals surface area contributed by atoms with Gasteiger partial charge in [0.25, 0.3) is 0 Å². The van der Waals surface area contributed by atoms with Crippen LogP contribution in [-0.4, -0.2) is 46.1 Å². The number of likely N-dealkylation sites (tertiary alicyclic amines) is 1. The molecule has 24 heavy (non-hydrogen) atoms. The molecule has 0 aromatic carbocycles. The molecule has 0 unspecified atom stereocenters. The molecule has 2 aromatic heterocycles. The maximum Gasteiger partial charge on any atom is 0.218 e. The Labute approximate surface area is 146 Å². The third kappa shape index (κ3) is 3.52. The average Bonchev–Trinajstić information content (AvgIpc) is 3.18. The molecular weight excluding hydrogens is 322 g/mol. The summed E-state index contributed by atoms with van der Waals surface area (Å²) in [7, 11) is 1.62. The fraction of sp³-hybridized carbons (Fsp3) is 0.588. The van der Waals surface area contributed by atoms with Crippen LogP contribution in [0.15, 0.2) is 12.4 Å². The van der Waals surface area contributed by atoms with Crippen LogP contribution >= 0.6 is 11.3 Å². The molecule has 0 amide bonds. The number of nitrogens with one attached hydrogen (secondary N) is 1. The molecule has 0 spiro atoms. The van der Waals surface area contributed by atoms with Gasteiger partial charge in [-0.2, -0.15) is 0 Å². The summed E-state index contributed by atoms with van der Waals surface area (Å²) in [4.78, 5) is 17.2. The van der Waals surface area contributed by atoms with E-state index in [4.69, 9.17) is 9.72 Å². The second-order valence-corrected chi connectivity index (χ2v) is 7.64. The number of aromatic nitrogens is 3. The van der Waals surface area contributed by atoms with Crippen molar-refractivity contribution in [3.05, 3.63) is 28.0 Å². The molecule has 128 valence electrons. The lowest BCUT2D eigenvalue weighted by molar-refractivity contribution is 0.211. The minimum absolute atomic E-state index is 0.460. The largest absolute Gasteiger partial charge is 0.481 e. The van der Waals surface area contributed by atoms with Crippen LogP contribution in [0.5, 0.6) is 5.88 Å². The van der Waals surface area contributed by atoms with Gasteiger partial charge in [-0.25, -0.2) is 15.0 Å². The highest BCUT2D eigenvalue weighted by atomic mass is 32.1. The van der Waals surface area contributed by atoms with Crippen molar-refractivity contribution in [1.29, 1.82) is 0 Å². The summed E-state index contributed by atoms with van der Waals surface area (Å²) in [5.74, 6) is 1.44. The molecule has 0 atom stereocenters. The molecule has 1 N–H and O–H groups in total. The maximum absolute atomic E-state index is 5.15. The SMILES string of the molecule is COc1cc(NC2CCN(Cc3nc4c(s3)CCC4)CC2)ncn1. The molecule has 3 heterocycles. The van der Waals surface area contributed by atoms with Gasteiger partial charge in [0.15, 0.2) is 0 Å². The lowest BCUT2D eigenvalue weighted by Gasteiger charge is -2.32. The van der Waals surface area contributed by atoms with Crippen LogP contribution in [0.4, 0.5) is 5.82 Å². The summed E-state index contributed by atoms with van der Waals surface area (Å²) >= 11 is 1.92. The number of thiazole rings is 1. The number of nitrogens with zero attached hydrogens (tertiary/aromatic N) is 4. The van der Waals surface area contributed by atoms with Gasteiger partial charge in [-0.3, -0.25) is 4.90 Å². The first-order chi connectivity index (χ1) is 11.8. The fourth-order valence-corrected chi connectivity index (χ4v) is 4.68. The van der Waals surface area contributed by atoms with Crippen molar-refractivity contribution in [3.63, 3.8) is 0 Å². The van der Waals surface area contributed by atoms with Crippen molar-refractivity contribution < 1.29 is 4.74 Å². The molecule has 1 aliphatic carbocycles. The number of aryl methyl sites for hydroxylation is 2. The third-order valence-electron chi connectivity index (χ3n) is 4.79. The molecule has 7 heteroatoms. The number of hydrogen-bond acceptors (Lipinski definition) is 7. The van der Waals surface area contributed by atoms with Crippen LogP contribution in [0.1, 0.15) is 34.8 Å². The smallest absolute Gasteiger partial charge is 0.218 e. The standard InChI is InChI=1S/C17H23N5OS/c1-23-16-9-15(18-11-19-16)20-12-5-7-22(8-6-12)10-17-21-13-3-2-4-14(13)24-17/h9,11-12H,2-8,10H2,1H3,(H,18,19,20). The molecule has 4 rings (SSSR count). The molecule has 0 radical (unpaired) electrons. The zero-order valence-corrected chi connectivity index (χ0v) is 14.8. The van der Waals surface area contributed by atoms with Gasteiger partial charge in [-0.1, -0.05) is 0 Å². The first-order valence-corrected chi connectivity index (χ1v) is 9.44. The Morgan fingerprint density at radius 3 is 2.96 bits per heavy atom. The van der Waals surface area contributed by atoms with E-state index < -0.39 is 0 Å². The molecule has 2 aliphatic rings. The Kier molecular flexibility index (Phi) is 4.62. The lowest BCUT2D eigenvalue weighted by atomic mass is 10.1. The van der Waals surface area contributed by atoms with E-state index in [9.17, 15) is 0 Å². The van der Waals surface area contributed by atoms with Crippen LogP contribution in [0.25, 0.3) is 0 Å². The monoisotopic (exact) mass is 345 g/mol. The summed E-state index contributed by atoms with van der Waals surface area (Å²) in [6.07, 6.45) is 7.49. The highest BCUT2D eigenvalue weighted by Crippen LogP contribution is 2.28. The van der Waals surface area contributed by atoms with Crippen molar-refractivity contribution >= 4 is 17.2 Å². The molecule has 6 nitrogen and oxygen atoms in total. The van der Waals surface area contributed by atoms with E-state index in [0.717, 1.165) is 38.3 Å². The number of fused-ring (bicyclic) bond motifs is 1.